The molecule has 6 nitrogen and oxygen atoms in total. The number of ether oxygens (including phenoxy) is 2. The Hall–Kier alpha value is -1.86. The normalized spacial score (nSPS) is 9.65. The van der Waals surface area contributed by atoms with Crippen molar-refractivity contribution in [2.45, 2.75) is 0 Å². The fourth-order valence-electron chi connectivity index (χ4n) is 1.40. The van der Waals surface area contributed by atoms with Crippen molar-refractivity contribution in [2.24, 2.45) is 0 Å². The number of rotatable bonds is 3. The molecule has 0 saturated heterocycles. The molecule has 0 atom stereocenters. The summed E-state index contributed by atoms with van der Waals surface area (Å²) in [6.45, 7) is 0. The molecule has 0 saturated carbocycles. The van der Waals surface area contributed by atoms with E-state index in [0.29, 0.717) is 0 Å². The first-order valence-electron chi connectivity index (χ1n) is 4.68. The zero-order chi connectivity index (χ0) is 13.0. The quantitative estimate of drug-likeness (QED) is 0.515. The summed E-state index contributed by atoms with van der Waals surface area (Å²) in [5.74, 6) is -1.60. The monoisotopic (exact) mass is 238 g/mol. The number of carbonyl (C=O) groups is 2. The first-order valence-corrected chi connectivity index (χ1v) is 4.68. The van der Waals surface area contributed by atoms with Crippen molar-refractivity contribution in [1.29, 1.82) is 0 Å². The van der Waals surface area contributed by atoms with E-state index in [1.54, 1.807) is 0 Å². The molecular weight excluding hydrogens is 227 g/mol. The van der Waals surface area contributed by atoms with Crippen LogP contribution in [0.15, 0.2) is 18.2 Å². The van der Waals surface area contributed by atoms with Crippen molar-refractivity contribution in [3.63, 3.8) is 0 Å². The molecule has 0 aliphatic heterocycles. The van der Waals surface area contributed by atoms with Crippen molar-refractivity contribution in [3.8, 4) is 0 Å². The lowest BCUT2D eigenvalue weighted by molar-refractivity contribution is 0.0556. The van der Waals surface area contributed by atoms with Gasteiger partial charge in [-0.25, -0.2) is 9.59 Å². The van der Waals surface area contributed by atoms with Gasteiger partial charge in [-0.3, -0.25) is 0 Å². The van der Waals surface area contributed by atoms with Gasteiger partial charge in [0.05, 0.1) is 25.3 Å². The molecule has 0 bridgehead atoms. The van der Waals surface area contributed by atoms with Crippen molar-refractivity contribution in [2.75, 3.05) is 14.2 Å². The van der Waals surface area contributed by atoms with E-state index < -0.39 is 19.1 Å². The van der Waals surface area contributed by atoms with Crippen LogP contribution in [-0.4, -0.2) is 43.3 Å². The van der Waals surface area contributed by atoms with Gasteiger partial charge < -0.3 is 19.5 Å². The predicted octanol–water partition coefficient (Wildman–Crippen LogP) is -1.06. The number of carbonyl (C=O) groups excluding carboxylic acids is 2. The van der Waals surface area contributed by atoms with E-state index in [4.69, 9.17) is 10.0 Å². The Balaban J connectivity index is 3.45. The third kappa shape index (κ3) is 2.63. The largest absolute Gasteiger partial charge is 0.489 e. The van der Waals surface area contributed by atoms with E-state index >= 15 is 0 Å². The summed E-state index contributed by atoms with van der Waals surface area (Å²) < 4.78 is 8.99. The second-order valence-electron chi connectivity index (χ2n) is 3.13. The van der Waals surface area contributed by atoms with Crippen molar-refractivity contribution >= 4 is 24.5 Å². The van der Waals surface area contributed by atoms with Crippen LogP contribution in [0, 0.1) is 0 Å². The van der Waals surface area contributed by atoms with E-state index in [-0.39, 0.29) is 16.6 Å². The molecule has 0 amide bonds. The lowest BCUT2D eigenvalue weighted by atomic mass is 9.75. The second kappa shape index (κ2) is 5.47. The predicted molar refractivity (Wildman–Crippen MR) is 58.9 cm³/mol. The van der Waals surface area contributed by atoms with E-state index in [9.17, 15) is 9.59 Å². The van der Waals surface area contributed by atoms with Crippen LogP contribution in [0.2, 0.25) is 0 Å². The minimum absolute atomic E-state index is 0.0787. The molecule has 0 heterocycles. The minimum Gasteiger partial charge on any atom is -0.465 e. The molecule has 17 heavy (non-hydrogen) atoms. The van der Waals surface area contributed by atoms with E-state index in [1.165, 1.54) is 18.2 Å². The molecule has 0 spiro atoms. The summed E-state index contributed by atoms with van der Waals surface area (Å²) in [6, 6.07) is 4.06. The fourth-order valence-corrected chi connectivity index (χ4v) is 1.40. The Labute approximate surface area is 97.9 Å². The van der Waals surface area contributed by atoms with Crippen LogP contribution in [-0.2, 0) is 9.47 Å². The van der Waals surface area contributed by atoms with Crippen LogP contribution in [0.3, 0.4) is 0 Å². The molecule has 0 aliphatic rings. The second-order valence-corrected chi connectivity index (χ2v) is 3.13. The first kappa shape index (κ1) is 13.2. The summed E-state index contributed by atoms with van der Waals surface area (Å²) in [4.78, 5) is 23.0. The molecular formula is C10H11BO6. The lowest BCUT2D eigenvalue weighted by Gasteiger charge is -2.10. The van der Waals surface area contributed by atoms with Crippen LogP contribution in [0.5, 0.6) is 0 Å². The minimum atomic E-state index is -1.88. The summed E-state index contributed by atoms with van der Waals surface area (Å²) >= 11 is 0. The highest BCUT2D eigenvalue weighted by Crippen LogP contribution is 2.10. The zero-order valence-corrected chi connectivity index (χ0v) is 9.34. The number of benzene rings is 1. The van der Waals surface area contributed by atoms with Gasteiger partial charge in [0.1, 0.15) is 0 Å². The highest BCUT2D eigenvalue weighted by Gasteiger charge is 2.27. The number of esters is 2. The smallest absolute Gasteiger partial charge is 0.465 e. The van der Waals surface area contributed by atoms with Gasteiger partial charge in [-0.1, -0.05) is 12.1 Å². The molecule has 1 rings (SSSR count). The van der Waals surface area contributed by atoms with Gasteiger partial charge in [0, 0.05) is 0 Å². The molecule has 1 aromatic rings. The van der Waals surface area contributed by atoms with Crippen LogP contribution >= 0.6 is 0 Å². The van der Waals surface area contributed by atoms with E-state index in [0.717, 1.165) is 14.2 Å². The molecule has 0 aliphatic carbocycles. The van der Waals surface area contributed by atoms with E-state index in [1.807, 2.05) is 0 Å². The maximum atomic E-state index is 11.5. The number of hydrogen-bond donors (Lipinski definition) is 2. The third-order valence-corrected chi connectivity index (χ3v) is 2.17. The summed E-state index contributed by atoms with van der Waals surface area (Å²) in [7, 11) is 0.406. The van der Waals surface area contributed by atoms with Crippen LogP contribution in [0.1, 0.15) is 20.7 Å². The summed E-state index contributed by atoms with van der Waals surface area (Å²) in [5.41, 5.74) is -0.401. The molecule has 7 heteroatoms. The van der Waals surface area contributed by atoms with Crippen molar-refractivity contribution in [3.05, 3.63) is 29.3 Å². The average molecular weight is 238 g/mol. The maximum absolute atomic E-state index is 11.5. The van der Waals surface area contributed by atoms with E-state index in [2.05, 4.69) is 9.47 Å². The van der Waals surface area contributed by atoms with Crippen LogP contribution in [0.25, 0.3) is 0 Å². The Morgan fingerprint density at radius 3 is 2.18 bits per heavy atom. The highest BCUT2D eigenvalue weighted by atomic mass is 16.5. The number of hydrogen-bond acceptors (Lipinski definition) is 6. The lowest BCUT2D eigenvalue weighted by Crippen LogP contribution is -2.36. The summed E-state index contributed by atoms with van der Waals surface area (Å²) in [6.07, 6.45) is 0. The Kier molecular flexibility index (Phi) is 4.25. The molecule has 0 aromatic heterocycles. The molecule has 0 fully saturated rings. The van der Waals surface area contributed by atoms with Gasteiger partial charge in [0.25, 0.3) is 0 Å². The fraction of sp³-hybridized carbons (Fsp3) is 0.200. The third-order valence-electron chi connectivity index (χ3n) is 2.17. The van der Waals surface area contributed by atoms with Crippen LogP contribution in [0.4, 0.5) is 0 Å². The van der Waals surface area contributed by atoms with Gasteiger partial charge in [0.15, 0.2) is 0 Å². The van der Waals surface area contributed by atoms with Crippen LogP contribution < -0.4 is 5.46 Å². The first-order chi connectivity index (χ1) is 8.02. The molecule has 0 unspecified atom stereocenters. The van der Waals surface area contributed by atoms with Gasteiger partial charge in [-0.2, -0.15) is 0 Å². The molecule has 2 N–H and O–H groups in total. The highest BCUT2D eigenvalue weighted by molar-refractivity contribution is 6.60. The van der Waals surface area contributed by atoms with Crippen molar-refractivity contribution in [1.82, 2.24) is 0 Å². The topological polar surface area (TPSA) is 93.1 Å². The molecule has 90 valence electrons. The Bertz CT molecular complexity index is 442. The van der Waals surface area contributed by atoms with Gasteiger partial charge in [-0.05, 0) is 11.5 Å². The molecule has 0 radical (unpaired) electrons. The number of methoxy groups -OCH3 is 2. The van der Waals surface area contributed by atoms with Gasteiger partial charge >= 0.3 is 19.1 Å². The summed E-state index contributed by atoms with van der Waals surface area (Å²) in [5, 5.41) is 18.2. The Morgan fingerprint density at radius 2 is 1.71 bits per heavy atom. The standard InChI is InChI=1S/C10H11BO6/c1-16-9(12)6-4-3-5-7(11(14)15)8(6)10(13)17-2/h3-5,14-15H,1-2H3. The SMILES string of the molecule is COC(=O)c1cccc(B(O)O)c1C(=O)OC. The molecule has 1 aromatic carbocycles. The Morgan fingerprint density at radius 1 is 1.12 bits per heavy atom. The zero-order valence-electron chi connectivity index (χ0n) is 9.34. The maximum Gasteiger partial charge on any atom is 0.489 e. The average Bonchev–Trinajstić information content (AvgIpc) is 2.35. The van der Waals surface area contributed by atoms with Crippen molar-refractivity contribution < 1.29 is 29.1 Å². The van der Waals surface area contributed by atoms with Gasteiger partial charge in [0.2, 0.25) is 0 Å². The van der Waals surface area contributed by atoms with Gasteiger partial charge in [-0.15, -0.1) is 0 Å².